The van der Waals surface area contributed by atoms with Crippen LogP contribution < -0.4 is 0 Å². The third-order valence-electron chi connectivity index (χ3n) is 1.80. The molecule has 0 spiro atoms. The van der Waals surface area contributed by atoms with Crippen molar-refractivity contribution in [2.45, 2.75) is 11.8 Å². The third kappa shape index (κ3) is 2.35. The molecule has 0 heterocycles. The van der Waals surface area contributed by atoms with Crippen LogP contribution in [0.3, 0.4) is 0 Å². The molecule has 0 amide bonds. The summed E-state index contributed by atoms with van der Waals surface area (Å²) in [4.78, 5) is 10.4. The van der Waals surface area contributed by atoms with Crippen LogP contribution in [-0.4, -0.2) is 14.7 Å². The second kappa shape index (κ2) is 4.01. The summed E-state index contributed by atoms with van der Waals surface area (Å²) in [7, 11) is 1.20. The first-order valence-electron chi connectivity index (χ1n) is 3.84. The highest BCUT2D eigenvalue weighted by molar-refractivity contribution is 8.13. The summed E-state index contributed by atoms with van der Waals surface area (Å²) >= 11 is 0. The van der Waals surface area contributed by atoms with Crippen molar-refractivity contribution in [3.8, 4) is 6.07 Å². The van der Waals surface area contributed by atoms with Gasteiger partial charge in [0.2, 0.25) is 0 Å². The van der Waals surface area contributed by atoms with Crippen LogP contribution in [-0.2, 0) is 9.05 Å². The summed E-state index contributed by atoms with van der Waals surface area (Å²) in [5.41, 5.74) is 0.409. The minimum Gasteiger partial charge on any atom is -0.298 e. The van der Waals surface area contributed by atoms with Crippen LogP contribution in [0.2, 0.25) is 0 Å². The number of aldehydes is 1. The van der Waals surface area contributed by atoms with Gasteiger partial charge in [0.15, 0.2) is 6.29 Å². The quantitative estimate of drug-likeness (QED) is 0.584. The van der Waals surface area contributed by atoms with Crippen LogP contribution in [0.1, 0.15) is 21.5 Å². The van der Waals surface area contributed by atoms with Crippen molar-refractivity contribution >= 4 is 26.0 Å². The molecule has 0 fully saturated rings. The molecule has 0 N–H and O–H groups in total. The van der Waals surface area contributed by atoms with E-state index in [4.69, 9.17) is 15.9 Å². The first-order chi connectivity index (χ1) is 6.90. The molecule has 0 atom stereocenters. The summed E-state index contributed by atoms with van der Waals surface area (Å²) in [6, 6.07) is 4.38. The third-order valence-corrected chi connectivity index (χ3v) is 3.31. The van der Waals surface area contributed by atoms with E-state index in [9.17, 15) is 13.2 Å². The van der Waals surface area contributed by atoms with Crippen LogP contribution in [0.25, 0.3) is 0 Å². The Morgan fingerprint density at radius 2 is 2.07 bits per heavy atom. The number of carbonyl (C=O) groups excluding carboxylic acids is 1. The maximum atomic E-state index is 11.2. The van der Waals surface area contributed by atoms with Gasteiger partial charge in [-0.2, -0.15) is 5.26 Å². The van der Waals surface area contributed by atoms with Crippen molar-refractivity contribution in [3.05, 3.63) is 28.8 Å². The van der Waals surface area contributed by atoms with E-state index in [0.717, 1.165) is 0 Å². The molecule has 1 rings (SSSR count). The zero-order valence-electron chi connectivity index (χ0n) is 7.69. The largest absolute Gasteiger partial charge is 0.298 e. The van der Waals surface area contributed by atoms with Gasteiger partial charge in [-0.25, -0.2) is 8.42 Å². The van der Waals surface area contributed by atoms with Crippen LogP contribution in [0, 0.1) is 18.3 Å². The molecule has 0 radical (unpaired) electrons. The summed E-state index contributed by atoms with van der Waals surface area (Å²) in [6.07, 6.45) is 0.364. The molecule has 0 aliphatic heterocycles. The zero-order valence-corrected chi connectivity index (χ0v) is 9.26. The number of halogens is 1. The molecule has 1 aromatic rings. The summed E-state index contributed by atoms with van der Waals surface area (Å²) in [5.74, 6) is 0. The van der Waals surface area contributed by atoms with Gasteiger partial charge >= 0.3 is 0 Å². The molecule has 0 saturated heterocycles. The average Bonchev–Trinajstić information content (AvgIpc) is 2.14. The number of aryl methyl sites for hydroxylation is 1. The predicted molar refractivity (Wildman–Crippen MR) is 54.3 cm³/mol. The fourth-order valence-corrected chi connectivity index (χ4v) is 2.75. The highest BCUT2D eigenvalue weighted by atomic mass is 35.7. The molecule has 0 bridgehead atoms. The maximum absolute atomic E-state index is 11.2. The van der Waals surface area contributed by atoms with Gasteiger partial charge < -0.3 is 0 Å². The molecule has 15 heavy (non-hydrogen) atoms. The van der Waals surface area contributed by atoms with Gasteiger partial charge in [0.05, 0.1) is 16.5 Å². The number of carbonyl (C=O) groups is 1. The average molecular weight is 244 g/mol. The summed E-state index contributed by atoms with van der Waals surface area (Å²) in [6.45, 7) is 1.48. The number of nitrogens with zero attached hydrogens (tertiary/aromatic N) is 1. The molecule has 4 nitrogen and oxygen atoms in total. The van der Waals surface area contributed by atoms with Crippen molar-refractivity contribution in [1.29, 1.82) is 5.26 Å². The Morgan fingerprint density at radius 1 is 1.47 bits per heavy atom. The van der Waals surface area contributed by atoms with Gasteiger partial charge in [0.25, 0.3) is 9.05 Å². The topological polar surface area (TPSA) is 75.0 Å². The van der Waals surface area contributed by atoms with E-state index in [-0.39, 0.29) is 21.6 Å². The lowest BCUT2D eigenvalue weighted by Gasteiger charge is -2.05. The van der Waals surface area contributed by atoms with Crippen LogP contribution in [0.15, 0.2) is 17.0 Å². The number of nitriles is 1. The first kappa shape index (κ1) is 11.7. The molecule has 78 valence electrons. The number of hydrogen-bond donors (Lipinski definition) is 0. The molecule has 1 aromatic carbocycles. The Labute approximate surface area is 91.5 Å². The minimum atomic E-state index is -3.97. The normalized spacial score (nSPS) is 10.7. The van der Waals surface area contributed by atoms with Crippen molar-refractivity contribution in [2.75, 3.05) is 0 Å². The Balaban J connectivity index is 3.69. The predicted octanol–water partition coefficient (Wildman–Crippen LogP) is 1.61. The SMILES string of the molecule is Cc1cc(C#N)cc(C=O)c1S(=O)(=O)Cl. The second-order valence-corrected chi connectivity index (χ2v) is 5.38. The van der Waals surface area contributed by atoms with Gasteiger partial charge in [-0.15, -0.1) is 0 Å². The van der Waals surface area contributed by atoms with Crippen LogP contribution in [0.5, 0.6) is 0 Å². The standard InChI is InChI=1S/C9H6ClNO3S/c1-6-2-7(4-11)3-8(5-12)9(6)15(10,13)14/h2-3,5H,1H3. The van der Waals surface area contributed by atoms with E-state index in [1.807, 2.05) is 6.07 Å². The smallest absolute Gasteiger partial charge is 0.262 e. The Hall–Kier alpha value is -1.38. The second-order valence-electron chi connectivity index (χ2n) is 2.88. The molecular formula is C9H6ClNO3S. The molecule has 0 aliphatic carbocycles. The monoisotopic (exact) mass is 243 g/mol. The van der Waals surface area contributed by atoms with Crippen molar-refractivity contribution < 1.29 is 13.2 Å². The van der Waals surface area contributed by atoms with E-state index in [0.29, 0.717) is 6.29 Å². The van der Waals surface area contributed by atoms with E-state index in [1.165, 1.54) is 19.1 Å². The fourth-order valence-electron chi connectivity index (χ4n) is 1.29. The van der Waals surface area contributed by atoms with Crippen LogP contribution in [0.4, 0.5) is 0 Å². The van der Waals surface area contributed by atoms with Crippen LogP contribution >= 0.6 is 10.7 Å². The van der Waals surface area contributed by atoms with Gasteiger partial charge in [-0.1, -0.05) is 0 Å². The number of rotatable bonds is 2. The van der Waals surface area contributed by atoms with E-state index in [1.54, 1.807) is 0 Å². The van der Waals surface area contributed by atoms with Gasteiger partial charge in [0, 0.05) is 16.2 Å². The van der Waals surface area contributed by atoms with Crippen molar-refractivity contribution in [2.24, 2.45) is 0 Å². The highest BCUT2D eigenvalue weighted by Gasteiger charge is 2.19. The Kier molecular flexibility index (Phi) is 3.12. The lowest BCUT2D eigenvalue weighted by molar-refractivity contribution is 0.112. The lowest BCUT2D eigenvalue weighted by atomic mass is 10.1. The first-order valence-corrected chi connectivity index (χ1v) is 6.15. The molecule has 0 saturated carbocycles. The van der Waals surface area contributed by atoms with Gasteiger partial charge in [-0.3, -0.25) is 4.79 Å². The maximum Gasteiger partial charge on any atom is 0.262 e. The zero-order chi connectivity index (χ0) is 11.6. The minimum absolute atomic E-state index is 0.0958. The lowest BCUT2D eigenvalue weighted by Crippen LogP contribution is -2.01. The highest BCUT2D eigenvalue weighted by Crippen LogP contribution is 2.24. The van der Waals surface area contributed by atoms with Gasteiger partial charge in [0.1, 0.15) is 0 Å². The Bertz CT molecular complexity index is 557. The fraction of sp³-hybridized carbons (Fsp3) is 0.111. The van der Waals surface area contributed by atoms with E-state index < -0.39 is 9.05 Å². The Morgan fingerprint density at radius 3 is 2.47 bits per heavy atom. The number of benzene rings is 1. The molecule has 0 unspecified atom stereocenters. The number of hydrogen-bond acceptors (Lipinski definition) is 4. The summed E-state index contributed by atoms with van der Waals surface area (Å²) < 4.78 is 22.3. The van der Waals surface area contributed by atoms with Crippen molar-refractivity contribution in [3.63, 3.8) is 0 Å². The summed E-state index contributed by atoms with van der Waals surface area (Å²) in [5, 5.41) is 8.63. The molecule has 0 aliphatic rings. The van der Waals surface area contributed by atoms with Gasteiger partial charge in [-0.05, 0) is 24.6 Å². The van der Waals surface area contributed by atoms with Crippen molar-refractivity contribution in [1.82, 2.24) is 0 Å². The molecular weight excluding hydrogens is 238 g/mol. The van der Waals surface area contributed by atoms with E-state index in [2.05, 4.69) is 0 Å². The molecule has 0 aromatic heterocycles. The van der Waals surface area contributed by atoms with E-state index >= 15 is 0 Å². The molecule has 6 heteroatoms.